The topological polar surface area (TPSA) is 15.8 Å². The Morgan fingerprint density at radius 2 is 1.59 bits per heavy atom. The van der Waals surface area contributed by atoms with E-state index in [2.05, 4.69) is 68.2 Å². The summed E-state index contributed by atoms with van der Waals surface area (Å²) in [5.74, 6) is 0. The molecule has 0 radical (unpaired) electrons. The van der Waals surface area contributed by atoms with Crippen molar-refractivity contribution in [2.75, 3.05) is 0 Å². The summed E-state index contributed by atoms with van der Waals surface area (Å²) in [5, 5.41) is 2.67. The van der Waals surface area contributed by atoms with Crippen molar-refractivity contribution in [2.24, 2.45) is 0 Å². The molecule has 0 aliphatic rings. The number of aromatic amines is 1. The van der Waals surface area contributed by atoms with Crippen LogP contribution < -0.4 is 0 Å². The van der Waals surface area contributed by atoms with Gasteiger partial charge >= 0.3 is 0 Å². The first-order chi connectivity index (χ1) is 8.27. The van der Waals surface area contributed by atoms with Crippen LogP contribution in [0, 0.1) is 6.92 Å². The highest BCUT2D eigenvalue weighted by Crippen LogP contribution is 2.27. The monoisotopic (exact) mass is 227 g/mol. The smallest absolute Gasteiger partial charge is 0.0467 e. The standard InChI is InChI=1S/C13H11N.C3H8.H2/c1-9-5-4-8-12-13(9)10-6-2-3-7-11(10)14-12;1-3-2;/h2-8,14H,1H3;3H2,1-2H3;1H. The third-order valence-corrected chi connectivity index (χ3v) is 2.74. The van der Waals surface area contributed by atoms with Gasteiger partial charge in [-0.15, -0.1) is 0 Å². The maximum Gasteiger partial charge on any atom is 0.0467 e. The van der Waals surface area contributed by atoms with Gasteiger partial charge in [-0.05, 0) is 24.6 Å². The van der Waals surface area contributed by atoms with E-state index in [9.17, 15) is 0 Å². The zero-order valence-corrected chi connectivity index (χ0v) is 10.7. The highest BCUT2D eigenvalue weighted by molar-refractivity contribution is 6.08. The SMILES string of the molecule is CCC.Cc1cccc2[nH]c3ccccc3c12.[HH]. The van der Waals surface area contributed by atoms with Gasteiger partial charge in [0.05, 0.1) is 0 Å². The number of benzene rings is 2. The zero-order chi connectivity index (χ0) is 12.3. The van der Waals surface area contributed by atoms with Crippen LogP contribution in [0.1, 0.15) is 27.3 Å². The molecule has 3 rings (SSSR count). The minimum Gasteiger partial charge on any atom is -0.355 e. The van der Waals surface area contributed by atoms with Crippen LogP contribution in [-0.4, -0.2) is 4.98 Å². The normalized spacial score (nSPS) is 10.3. The van der Waals surface area contributed by atoms with Crippen molar-refractivity contribution in [2.45, 2.75) is 27.2 Å². The van der Waals surface area contributed by atoms with Gasteiger partial charge in [0.1, 0.15) is 0 Å². The summed E-state index contributed by atoms with van der Waals surface area (Å²) in [6, 6.07) is 14.8. The van der Waals surface area contributed by atoms with Crippen LogP contribution in [0.3, 0.4) is 0 Å². The highest BCUT2D eigenvalue weighted by atomic mass is 14.7. The molecule has 3 aromatic rings. The first kappa shape index (κ1) is 11.7. The van der Waals surface area contributed by atoms with Crippen LogP contribution in [0.5, 0.6) is 0 Å². The summed E-state index contributed by atoms with van der Waals surface area (Å²) in [4.78, 5) is 3.42. The van der Waals surface area contributed by atoms with Crippen molar-refractivity contribution in [1.82, 2.24) is 4.98 Å². The number of hydrogen-bond acceptors (Lipinski definition) is 0. The van der Waals surface area contributed by atoms with Gasteiger partial charge in [-0.25, -0.2) is 0 Å². The fraction of sp³-hybridized carbons (Fsp3) is 0.250. The van der Waals surface area contributed by atoms with Crippen molar-refractivity contribution in [1.29, 1.82) is 0 Å². The van der Waals surface area contributed by atoms with E-state index in [4.69, 9.17) is 0 Å². The van der Waals surface area contributed by atoms with Crippen LogP contribution in [0.15, 0.2) is 42.5 Å². The Balaban J connectivity index is 0.000000372. The molecule has 0 amide bonds. The van der Waals surface area contributed by atoms with Crippen LogP contribution in [0.4, 0.5) is 0 Å². The number of H-pyrrole nitrogens is 1. The highest BCUT2D eigenvalue weighted by Gasteiger charge is 2.04. The Hall–Kier alpha value is -1.76. The molecule has 0 fully saturated rings. The first-order valence-electron chi connectivity index (χ1n) is 6.24. The molecule has 17 heavy (non-hydrogen) atoms. The maximum absolute atomic E-state index is 3.42. The first-order valence-corrected chi connectivity index (χ1v) is 6.24. The van der Waals surface area contributed by atoms with E-state index < -0.39 is 0 Å². The van der Waals surface area contributed by atoms with Gasteiger partial charge in [0, 0.05) is 23.2 Å². The summed E-state index contributed by atoms with van der Waals surface area (Å²) in [7, 11) is 0. The van der Waals surface area contributed by atoms with Gasteiger partial charge in [-0.2, -0.15) is 0 Å². The van der Waals surface area contributed by atoms with E-state index in [0.29, 0.717) is 0 Å². The van der Waals surface area contributed by atoms with E-state index in [0.717, 1.165) is 0 Å². The van der Waals surface area contributed by atoms with Gasteiger partial charge < -0.3 is 4.98 Å². The Morgan fingerprint density at radius 1 is 0.941 bits per heavy atom. The lowest BCUT2D eigenvalue weighted by molar-refractivity contribution is 1.09. The fourth-order valence-electron chi connectivity index (χ4n) is 2.08. The third kappa shape index (κ3) is 2.19. The van der Waals surface area contributed by atoms with Crippen molar-refractivity contribution in [3.8, 4) is 0 Å². The molecule has 0 aliphatic heterocycles. The second-order valence-electron chi connectivity index (χ2n) is 4.38. The molecular weight excluding hydrogens is 206 g/mol. The summed E-state index contributed by atoms with van der Waals surface area (Å²) < 4.78 is 0. The molecule has 0 saturated heterocycles. The minimum absolute atomic E-state index is 0. The summed E-state index contributed by atoms with van der Waals surface area (Å²) in [6.45, 7) is 6.41. The van der Waals surface area contributed by atoms with Crippen molar-refractivity contribution in [3.63, 3.8) is 0 Å². The molecule has 0 unspecified atom stereocenters. The Morgan fingerprint density at radius 3 is 2.35 bits per heavy atom. The second kappa shape index (κ2) is 5.05. The van der Waals surface area contributed by atoms with Gasteiger partial charge in [0.25, 0.3) is 0 Å². The predicted octanol–water partition coefficient (Wildman–Crippen LogP) is 5.29. The number of para-hydroxylation sites is 1. The number of aryl methyl sites for hydroxylation is 1. The number of hydrogen-bond donors (Lipinski definition) is 1. The minimum atomic E-state index is 0. The second-order valence-corrected chi connectivity index (χ2v) is 4.38. The maximum atomic E-state index is 3.42. The molecule has 0 bridgehead atoms. The zero-order valence-electron chi connectivity index (χ0n) is 10.7. The average Bonchev–Trinajstić information content (AvgIpc) is 2.69. The quantitative estimate of drug-likeness (QED) is 0.537. The Kier molecular flexibility index (Phi) is 3.48. The summed E-state index contributed by atoms with van der Waals surface area (Å²) in [6.07, 6.45) is 1.25. The average molecular weight is 227 g/mol. The molecule has 0 spiro atoms. The molecule has 0 aliphatic carbocycles. The summed E-state index contributed by atoms with van der Waals surface area (Å²) in [5.41, 5.74) is 3.78. The molecule has 1 heteroatoms. The lowest BCUT2D eigenvalue weighted by atomic mass is 10.1. The predicted molar refractivity (Wildman–Crippen MR) is 78.6 cm³/mol. The van der Waals surface area contributed by atoms with Gasteiger partial charge in [0.15, 0.2) is 0 Å². The van der Waals surface area contributed by atoms with Crippen LogP contribution in [0.2, 0.25) is 0 Å². The van der Waals surface area contributed by atoms with Crippen LogP contribution in [0.25, 0.3) is 21.8 Å². The molecular formula is C16H21N. The van der Waals surface area contributed by atoms with Gasteiger partial charge in [0.2, 0.25) is 0 Å². The molecule has 90 valence electrons. The number of nitrogens with one attached hydrogen (secondary N) is 1. The lowest BCUT2D eigenvalue weighted by Crippen LogP contribution is -1.72. The van der Waals surface area contributed by atoms with Crippen LogP contribution in [-0.2, 0) is 0 Å². The van der Waals surface area contributed by atoms with Crippen LogP contribution >= 0.6 is 0 Å². The Labute approximate surface area is 104 Å². The Bertz CT molecular complexity index is 625. The van der Waals surface area contributed by atoms with E-state index >= 15 is 0 Å². The molecule has 0 atom stereocenters. The van der Waals surface area contributed by atoms with Crippen molar-refractivity contribution in [3.05, 3.63) is 48.0 Å². The molecule has 1 N–H and O–H groups in total. The molecule has 1 nitrogen and oxygen atoms in total. The molecule has 2 aromatic carbocycles. The van der Waals surface area contributed by atoms with Crippen molar-refractivity contribution >= 4 is 21.8 Å². The molecule has 0 saturated carbocycles. The molecule has 1 heterocycles. The lowest BCUT2D eigenvalue weighted by Gasteiger charge is -1.95. The van der Waals surface area contributed by atoms with Crippen molar-refractivity contribution < 1.29 is 1.43 Å². The third-order valence-electron chi connectivity index (χ3n) is 2.74. The largest absolute Gasteiger partial charge is 0.355 e. The van der Waals surface area contributed by atoms with E-state index in [1.54, 1.807) is 0 Å². The van der Waals surface area contributed by atoms with E-state index in [1.165, 1.54) is 33.8 Å². The number of aromatic nitrogens is 1. The molecule has 1 aromatic heterocycles. The van der Waals surface area contributed by atoms with E-state index in [1.807, 2.05) is 0 Å². The van der Waals surface area contributed by atoms with Gasteiger partial charge in [-0.1, -0.05) is 50.6 Å². The number of fused-ring (bicyclic) bond motifs is 3. The van der Waals surface area contributed by atoms with Gasteiger partial charge in [-0.3, -0.25) is 0 Å². The number of rotatable bonds is 0. The van der Waals surface area contributed by atoms with E-state index in [-0.39, 0.29) is 1.43 Å². The summed E-state index contributed by atoms with van der Waals surface area (Å²) >= 11 is 0. The fourth-order valence-corrected chi connectivity index (χ4v) is 2.08.